The lowest BCUT2D eigenvalue weighted by Crippen LogP contribution is -3.11. The Kier molecular flexibility index (Phi) is 6.49. The van der Waals surface area contributed by atoms with Crippen LogP contribution in [0.15, 0.2) is 59.5 Å². The second kappa shape index (κ2) is 8.86. The highest BCUT2D eigenvalue weighted by Gasteiger charge is 2.28. The fourth-order valence-corrected chi connectivity index (χ4v) is 4.61. The van der Waals surface area contributed by atoms with Gasteiger partial charge in [0.2, 0.25) is 10.0 Å². The van der Waals surface area contributed by atoms with E-state index in [0.29, 0.717) is 12.1 Å². The van der Waals surface area contributed by atoms with Gasteiger partial charge < -0.3 is 10.2 Å². The largest absolute Gasteiger partial charge is 0.346 e. The summed E-state index contributed by atoms with van der Waals surface area (Å²) >= 11 is 0. The molecule has 2 aromatic carbocycles. The summed E-state index contributed by atoms with van der Waals surface area (Å²) in [5, 5.41) is 3.01. The van der Waals surface area contributed by atoms with Crippen molar-refractivity contribution >= 4 is 15.9 Å². The lowest BCUT2D eigenvalue weighted by atomic mass is 10.1. The number of sulfonamides is 1. The van der Waals surface area contributed by atoms with E-state index in [4.69, 9.17) is 0 Å². The molecule has 0 unspecified atom stereocenters. The smallest absolute Gasteiger partial charge is 0.251 e. The van der Waals surface area contributed by atoms with E-state index in [-0.39, 0.29) is 16.8 Å². The van der Waals surface area contributed by atoms with E-state index in [0.717, 1.165) is 17.4 Å². The Morgan fingerprint density at radius 2 is 1.75 bits per heavy atom. The van der Waals surface area contributed by atoms with Gasteiger partial charge >= 0.3 is 0 Å². The second-order valence-corrected chi connectivity index (χ2v) is 9.51. The number of quaternary nitrogens is 1. The average Bonchev–Trinajstić information content (AvgIpc) is 3.23. The highest BCUT2D eigenvalue weighted by atomic mass is 32.2. The molecule has 1 aliphatic rings. The molecule has 1 aliphatic heterocycles. The van der Waals surface area contributed by atoms with Gasteiger partial charge in [-0.2, -0.15) is 0 Å². The lowest BCUT2D eigenvalue weighted by Gasteiger charge is -2.25. The number of likely N-dealkylation sites (tertiary alicyclic amines) is 1. The van der Waals surface area contributed by atoms with Crippen LogP contribution in [0, 0.1) is 0 Å². The third-order valence-corrected chi connectivity index (χ3v) is 7.09. The number of rotatable bonds is 7. The van der Waals surface area contributed by atoms with Gasteiger partial charge in [-0.1, -0.05) is 36.4 Å². The van der Waals surface area contributed by atoms with E-state index < -0.39 is 10.0 Å². The fraction of sp³-hybridized carbons (Fsp3) is 0.381. The standard InChI is InChI=1S/C21H27N3O3S/c1-23(2)28(26,27)19-12-8-11-18(15-19)21(25)22-16-20(24-13-6-7-14-24)17-9-4-3-5-10-17/h3-5,8-12,15,20H,6-7,13-14,16H2,1-2H3,(H,22,25)/p+1/t20-/m1/s1. The molecule has 7 heteroatoms. The van der Waals surface area contributed by atoms with Crippen molar-refractivity contribution in [2.24, 2.45) is 0 Å². The van der Waals surface area contributed by atoms with E-state index in [1.807, 2.05) is 18.2 Å². The average molecular weight is 403 g/mol. The highest BCUT2D eigenvalue weighted by molar-refractivity contribution is 7.89. The molecule has 0 spiro atoms. The summed E-state index contributed by atoms with van der Waals surface area (Å²) in [6.45, 7) is 2.72. The van der Waals surface area contributed by atoms with Gasteiger partial charge in [0.1, 0.15) is 6.04 Å². The van der Waals surface area contributed by atoms with E-state index >= 15 is 0 Å². The first-order valence-electron chi connectivity index (χ1n) is 9.60. The van der Waals surface area contributed by atoms with Crippen molar-refractivity contribution in [1.82, 2.24) is 9.62 Å². The zero-order valence-corrected chi connectivity index (χ0v) is 17.2. The summed E-state index contributed by atoms with van der Waals surface area (Å²) < 4.78 is 25.8. The molecule has 1 amide bonds. The molecule has 150 valence electrons. The molecule has 28 heavy (non-hydrogen) atoms. The van der Waals surface area contributed by atoms with Crippen molar-refractivity contribution in [3.63, 3.8) is 0 Å². The summed E-state index contributed by atoms with van der Waals surface area (Å²) in [7, 11) is -0.616. The monoisotopic (exact) mass is 402 g/mol. The maximum atomic E-state index is 12.7. The molecule has 6 nitrogen and oxygen atoms in total. The van der Waals surface area contributed by atoms with Crippen LogP contribution in [0.1, 0.15) is 34.8 Å². The van der Waals surface area contributed by atoms with Crippen molar-refractivity contribution in [2.75, 3.05) is 33.7 Å². The van der Waals surface area contributed by atoms with Crippen molar-refractivity contribution in [1.29, 1.82) is 0 Å². The minimum atomic E-state index is -3.57. The molecule has 0 bridgehead atoms. The minimum Gasteiger partial charge on any atom is -0.346 e. The fourth-order valence-electron chi connectivity index (χ4n) is 3.67. The Hall–Kier alpha value is -2.22. The lowest BCUT2D eigenvalue weighted by molar-refractivity contribution is -0.918. The summed E-state index contributed by atoms with van der Waals surface area (Å²) in [4.78, 5) is 14.3. The van der Waals surface area contributed by atoms with Crippen LogP contribution in [0.2, 0.25) is 0 Å². The first kappa shape index (κ1) is 20.5. The Bertz CT molecular complexity index is 908. The van der Waals surface area contributed by atoms with Crippen LogP contribution in [0.25, 0.3) is 0 Å². The van der Waals surface area contributed by atoms with Crippen LogP contribution >= 0.6 is 0 Å². The van der Waals surface area contributed by atoms with E-state index in [1.165, 1.54) is 49.5 Å². The molecule has 1 atom stereocenters. The first-order chi connectivity index (χ1) is 13.4. The molecule has 0 aliphatic carbocycles. The Labute approximate surface area is 167 Å². The minimum absolute atomic E-state index is 0.120. The van der Waals surface area contributed by atoms with Crippen LogP contribution in [0.3, 0.4) is 0 Å². The highest BCUT2D eigenvalue weighted by Crippen LogP contribution is 2.15. The van der Waals surface area contributed by atoms with Crippen LogP contribution < -0.4 is 10.2 Å². The van der Waals surface area contributed by atoms with Gasteiger partial charge in [-0.05, 0) is 18.2 Å². The summed E-state index contributed by atoms with van der Waals surface area (Å²) in [6.07, 6.45) is 2.41. The summed E-state index contributed by atoms with van der Waals surface area (Å²) in [5.74, 6) is -0.254. The van der Waals surface area contributed by atoms with Crippen molar-refractivity contribution < 1.29 is 18.1 Å². The van der Waals surface area contributed by atoms with Gasteiger partial charge in [0.15, 0.2) is 0 Å². The quantitative estimate of drug-likeness (QED) is 0.728. The molecular weight excluding hydrogens is 374 g/mol. The topological polar surface area (TPSA) is 70.9 Å². The number of nitrogens with zero attached hydrogens (tertiary/aromatic N) is 1. The van der Waals surface area contributed by atoms with Gasteiger partial charge in [0.05, 0.1) is 24.5 Å². The second-order valence-electron chi connectivity index (χ2n) is 7.35. The van der Waals surface area contributed by atoms with Crippen molar-refractivity contribution in [3.8, 4) is 0 Å². The zero-order valence-electron chi connectivity index (χ0n) is 16.4. The normalized spacial score (nSPS) is 16.2. The summed E-state index contributed by atoms with van der Waals surface area (Å²) in [6, 6.07) is 16.6. The van der Waals surface area contributed by atoms with Gasteiger partial charge in [-0.3, -0.25) is 4.79 Å². The number of amides is 1. The molecule has 3 rings (SSSR count). The molecular formula is C21H28N3O3S+. The molecule has 1 fully saturated rings. The number of benzene rings is 2. The molecule has 0 aromatic heterocycles. The van der Waals surface area contributed by atoms with Crippen molar-refractivity contribution in [3.05, 3.63) is 65.7 Å². The Balaban J connectivity index is 1.75. The zero-order chi connectivity index (χ0) is 20.1. The van der Waals surface area contributed by atoms with Gasteiger partial charge in [-0.25, -0.2) is 12.7 Å². The maximum Gasteiger partial charge on any atom is 0.251 e. The summed E-state index contributed by atoms with van der Waals surface area (Å²) in [5.41, 5.74) is 1.56. The number of hydrogen-bond donors (Lipinski definition) is 2. The number of carbonyl (C=O) groups excluding carboxylic acids is 1. The predicted molar refractivity (Wildman–Crippen MR) is 109 cm³/mol. The Morgan fingerprint density at radius 3 is 2.39 bits per heavy atom. The molecule has 1 heterocycles. The predicted octanol–water partition coefficient (Wildman–Crippen LogP) is 1.09. The maximum absolute atomic E-state index is 12.7. The molecule has 0 radical (unpaired) electrons. The molecule has 2 aromatic rings. The Morgan fingerprint density at radius 1 is 1.07 bits per heavy atom. The van der Waals surface area contributed by atoms with Crippen LogP contribution in [-0.2, 0) is 10.0 Å². The van der Waals surface area contributed by atoms with Crippen LogP contribution in [0.4, 0.5) is 0 Å². The van der Waals surface area contributed by atoms with E-state index in [9.17, 15) is 13.2 Å². The molecule has 2 N–H and O–H groups in total. The van der Waals surface area contributed by atoms with Crippen LogP contribution in [0.5, 0.6) is 0 Å². The van der Waals surface area contributed by atoms with Crippen molar-refractivity contribution in [2.45, 2.75) is 23.8 Å². The number of hydrogen-bond acceptors (Lipinski definition) is 3. The third-order valence-electron chi connectivity index (χ3n) is 5.28. The van der Waals surface area contributed by atoms with E-state index in [1.54, 1.807) is 12.1 Å². The SMILES string of the molecule is CN(C)S(=O)(=O)c1cccc(C(=O)NC[C@H](c2ccccc2)[NH+]2CCCC2)c1. The number of carbonyl (C=O) groups is 1. The van der Waals surface area contributed by atoms with E-state index in [2.05, 4.69) is 17.4 Å². The van der Waals surface area contributed by atoms with Crippen LogP contribution in [-0.4, -0.2) is 52.4 Å². The molecule has 0 saturated carbocycles. The number of nitrogens with one attached hydrogen (secondary N) is 2. The third kappa shape index (κ3) is 4.60. The van der Waals surface area contributed by atoms with Gasteiger partial charge in [-0.15, -0.1) is 0 Å². The van der Waals surface area contributed by atoms with Gasteiger partial charge in [0.25, 0.3) is 5.91 Å². The first-order valence-corrected chi connectivity index (χ1v) is 11.0. The van der Waals surface area contributed by atoms with Gasteiger partial charge in [0, 0.05) is 38.1 Å². The molecule has 1 saturated heterocycles.